The molecule has 0 spiro atoms. The maximum atomic E-state index is 3.94. The van der Waals surface area contributed by atoms with Gasteiger partial charge in [0, 0.05) is 12.6 Å². The van der Waals surface area contributed by atoms with Crippen LogP contribution < -0.4 is 5.32 Å². The van der Waals surface area contributed by atoms with Crippen molar-refractivity contribution >= 4 is 0 Å². The van der Waals surface area contributed by atoms with Crippen molar-refractivity contribution in [1.29, 1.82) is 0 Å². The van der Waals surface area contributed by atoms with Crippen molar-refractivity contribution in [2.45, 2.75) is 78.7 Å². The molecular formula is C19H38N2. The van der Waals surface area contributed by atoms with Crippen LogP contribution in [0.5, 0.6) is 0 Å². The van der Waals surface area contributed by atoms with Gasteiger partial charge < -0.3 is 10.2 Å². The first-order valence-electron chi connectivity index (χ1n) is 9.20. The Balaban J connectivity index is 1.76. The lowest BCUT2D eigenvalue weighted by atomic mass is 9.76. The molecule has 1 N–H and O–H groups in total. The third-order valence-electron chi connectivity index (χ3n) is 6.21. The number of likely N-dealkylation sites (tertiary alicyclic amines) is 1. The van der Waals surface area contributed by atoms with E-state index in [-0.39, 0.29) is 0 Å². The molecule has 2 nitrogen and oxygen atoms in total. The third kappa shape index (κ3) is 5.25. The summed E-state index contributed by atoms with van der Waals surface area (Å²) in [5, 5.41) is 3.94. The summed E-state index contributed by atoms with van der Waals surface area (Å²) in [6, 6.07) is 0.772. The molecule has 0 bridgehead atoms. The molecule has 1 saturated heterocycles. The molecular weight excluding hydrogens is 256 g/mol. The molecule has 0 amide bonds. The van der Waals surface area contributed by atoms with Crippen molar-refractivity contribution < 1.29 is 0 Å². The molecule has 0 aromatic carbocycles. The molecule has 2 heteroatoms. The van der Waals surface area contributed by atoms with Crippen molar-refractivity contribution in [3.05, 3.63) is 0 Å². The molecule has 2 rings (SSSR count). The van der Waals surface area contributed by atoms with E-state index in [1.807, 2.05) is 0 Å². The van der Waals surface area contributed by atoms with E-state index in [0.717, 1.165) is 12.0 Å². The predicted molar refractivity (Wildman–Crippen MR) is 92.7 cm³/mol. The lowest BCUT2D eigenvalue weighted by Gasteiger charge is -2.39. The minimum absolute atomic E-state index is 0.495. The molecule has 2 aliphatic rings. The highest BCUT2D eigenvalue weighted by molar-refractivity contribution is 4.86. The monoisotopic (exact) mass is 294 g/mol. The SMILES string of the molecule is CN1CCC(C)(CNC2CCCC(C(C)(C)C)CC2)CC1. The van der Waals surface area contributed by atoms with E-state index >= 15 is 0 Å². The number of hydrogen-bond donors (Lipinski definition) is 1. The zero-order chi connectivity index (χ0) is 15.5. The fourth-order valence-electron chi connectivity index (χ4n) is 4.10. The largest absolute Gasteiger partial charge is 0.313 e. The van der Waals surface area contributed by atoms with Crippen molar-refractivity contribution in [3.63, 3.8) is 0 Å². The fourth-order valence-corrected chi connectivity index (χ4v) is 4.10. The minimum Gasteiger partial charge on any atom is -0.313 e. The fraction of sp³-hybridized carbons (Fsp3) is 1.00. The van der Waals surface area contributed by atoms with Gasteiger partial charge in [-0.25, -0.2) is 0 Å². The average molecular weight is 295 g/mol. The average Bonchev–Trinajstić information content (AvgIpc) is 2.66. The summed E-state index contributed by atoms with van der Waals surface area (Å²) >= 11 is 0. The molecule has 1 heterocycles. The zero-order valence-electron chi connectivity index (χ0n) is 15.2. The van der Waals surface area contributed by atoms with Crippen molar-refractivity contribution in [2.24, 2.45) is 16.7 Å². The number of nitrogens with one attached hydrogen (secondary N) is 1. The molecule has 2 fully saturated rings. The van der Waals surface area contributed by atoms with Gasteiger partial charge in [-0.15, -0.1) is 0 Å². The molecule has 1 aliphatic heterocycles. The van der Waals surface area contributed by atoms with Gasteiger partial charge in [-0.1, -0.05) is 34.1 Å². The van der Waals surface area contributed by atoms with Gasteiger partial charge >= 0.3 is 0 Å². The van der Waals surface area contributed by atoms with Gasteiger partial charge in [-0.05, 0) is 75.4 Å². The van der Waals surface area contributed by atoms with E-state index in [1.54, 1.807) is 0 Å². The summed E-state index contributed by atoms with van der Waals surface area (Å²) in [5.41, 5.74) is 1.02. The van der Waals surface area contributed by atoms with Gasteiger partial charge in [-0.3, -0.25) is 0 Å². The van der Waals surface area contributed by atoms with Crippen LogP contribution in [0.1, 0.15) is 72.6 Å². The van der Waals surface area contributed by atoms with Crippen LogP contribution in [0.4, 0.5) is 0 Å². The quantitative estimate of drug-likeness (QED) is 0.781. The van der Waals surface area contributed by atoms with Crippen LogP contribution in [-0.2, 0) is 0 Å². The Bertz CT molecular complexity index is 310. The predicted octanol–water partition coefficient (Wildman–Crippen LogP) is 4.30. The summed E-state index contributed by atoms with van der Waals surface area (Å²) < 4.78 is 0. The Kier molecular flexibility index (Phi) is 5.76. The molecule has 1 saturated carbocycles. The van der Waals surface area contributed by atoms with Gasteiger partial charge in [0.25, 0.3) is 0 Å². The normalized spacial score (nSPS) is 31.9. The lowest BCUT2D eigenvalue weighted by Crippen LogP contribution is -2.44. The second-order valence-corrected chi connectivity index (χ2v) is 9.26. The van der Waals surface area contributed by atoms with Gasteiger partial charge in [0.2, 0.25) is 0 Å². The van der Waals surface area contributed by atoms with Crippen LogP contribution in [-0.4, -0.2) is 37.6 Å². The summed E-state index contributed by atoms with van der Waals surface area (Å²) in [4.78, 5) is 2.47. The molecule has 2 atom stereocenters. The molecule has 124 valence electrons. The van der Waals surface area contributed by atoms with Crippen LogP contribution in [0.2, 0.25) is 0 Å². The highest BCUT2D eigenvalue weighted by Gasteiger charge is 2.31. The second-order valence-electron chi connectivity index (χ2n) is 9.26. The summed E-state index contributed by atoms with van der Waals surface area (Å²) in [7, 11) is 2.25. The molecule has 1 aliphatic carbocycles. The van der Waals surface area contributed by atoms with Crippen LogP contribution >= 0.6 is 0 Å². The van der Waals surface area contributed by atoms with E-state index in [2.05, 4.69) is 45.0 Å². The van der Waals surface area contributed by atoms with E-state index in [4.69, 9.17) is 0 Å². The highest BCUT2D eigenvalue weighted by Crippen LogP contribution is 2.37. The number of hydrogen-bond acceptors (Lipinski definition) is 2. The van der Waals surface area contributed by atoms with Gasteiger partial charge in [0.05, 0.1) is 0 Å². The van der Waals surface area contributed by atoms with Crippen LogP contribution in [0.25, 0.3) is 0 Å². The standard InChI is InChI=1S/C19H38N2/c1-18(2,3)16-7-6-8-17(10-9-16)20-15-19(4)11-13-21(5)14-12-19/h16-17,20H,6-15H2,1-5H3. The highest BCUT2D eigenvalue weighted by atomic mass is 15.1. The molecule has 0 aromatic rings. The first-order chi connectivity index (χ1) is 9.78. The van der Waals surface area contributed by atoms with Crippen LogP contribution in [0.3, 0.4) is 0 Å². The van der Waals surface area contributed by atoms with Crippen LogP contribution in [0, 0.1) is 16.7 Å². The Hall–Kier alpha value is -0.0800. The van der Waals surface area contributed by atoms with E-state index in [0.29, 0.717) is 10.8 Å². The third-order valence-corrected chi connectivity index (χ3v) is 6.21. The maximum Gasteiger partial charge on any atom is 0.00674 e. The first kappa shape index (κ1) is 17.3. The van der Waals surface area contributed by atoms with Crippen molar-refractivity contribution in [3.8, 4) is 0 Å². The van der Waals surface area contributed by atoms with Gasteiger partial charge in [-0.2, -0.15) is 0 Å². The summed E-state index contributed by atoms with van der Waals surface area (Å²) in [6.07, 6.45) is 9.76. The smallest absolute Gasteiger partial charge is 0.00674 e. The number of rotatable bonds is 3. The maximum absolute atomic E-state index is 3.94. The van der Waals surface area contributed by atoms with Gasteiger partial charge in [0.15, 0.2) is 0 Å². The van der Waals surface area contributed by atoms with Crippen LogP contribution in [0.15, 0.2) is 0 Å². The minimum atomic E-state index is 0.495. The number of nitrogens with zero attached hydrogens (tertiary/aromatic N) is 1. The summed E-state index contributed by atoms with van der Waals surface area (Å²) in [6.45, 7) is 13.5. The van der Waals surface area contributed by atoms with Crippen molar-refractivity contribution in [1.82, 2.24) is 10.2 Å². The van der Waals surface area contributed by atoms with E-state index in [1.165, 1.54) is 64.6 Å². The molecule has 0 radical (unpaired) electrons. The van der Waals surface area contributed by atoms with Crippen molar-refractivity contribution in [2.75, 3.05) is 26.7 Å². The first-order valence-corrected chi connectivity index (χ1v) is 9.20. The lowest BCUT2D eigenvalue weighted by molar-refractivity contribution is 0.132. The summed E-state index contributed by atoms with van der Waals surface area (Å²) in [5.74, 6) is 0.920. The Labute approximate surface area is 133 Å². The number of piperidine rings is 1. The zero-order valence-corrected chi connectivity index (χ0v) is 15.2. The second kappa shape index (κ2) is 7.00. The Morgan fingerprint density at radius 3 is 2.33 bits per heavy atom. The van der Waals surface area contributed by atoms with Gasteiger partial charge in [0.1, 0.15) is 0 Å². The molecule has 2 unspecified atom stereocenters. The van der Waals surface area contributed by atoms with E-state index in [9.17, 15) is 0 Å². The van der Waals surface area contributed by atoms with E-state index < -0.39 is 0 Å². The Morgan fingerprint density at radius 2 is 1.71 bits per heavy atom. The Morgan fingerprint density at radius 1 is 1.05 bits per heavy atom. The molecule has 21 heavy (non-hydrogen) atoms. The topological polar surface area (TPSA) is 15.3 Å². The molecule has 0 aromatic heterocycles.